The number of carbonyl (C=O) groups is 1. The SMILES string of the molecule is COc1ccc(CNC(=O)Nc2cc(C)ccc2N)cc1OC. The molecule has 0 aliphatic heterocycles. The summed E-state index contributed by atoms with van der Waals surface area (Å²) in [5.41, 5.74) is 8.88. The van der Waals surface area contributed by atoms with Crippen molar-refractivity contribution >= 4 is 17.4 Å². The molecule has 6 heteroatoms. The topological polar surface area (TPSA) is 85.6 Å². The lowest BCUT2D eigenvalue weighted by Gasteiger charge is -2.12. The average molecular weight is 315 g/mol. The summed E-state index contributed by atoms with van der Waals surface area (Å²) in [5.74, 6) is 1.27. The van der Waals surface area contributed by atoms with Gasteiger partial charge in [0.05, 0.1) is 25.6 Å². The van der Waals surface area contributed by atoms with Gasteiger partial charge in [-0.15, -0.1) is 0 Å². The highest BCUT2D eigenvalue weighted by atomic mass is 16.5. The van der Waals surface area contributed by atoms with E-state index in [2.05, 4.69) is 10.6 Å². The van der Waals surface area contributed by atoms with E-state index in [0.29, 0.717) is 29.4 Å². The van der Waals surface area contributed by atoms with Gasteiger partial charge in [0.25, 0.3) is 0 Å². The van der Waals surface area contributed by atoms with Gasteiger partial charge in [0.15, 0.2) is 11.5 Å². The van der Waals surface area contributed by atoms with Crippen LogP contribution in [0, 0.1) is 6.92 Å². The number of nitrogen functional groups attached to an aromatic ring is 1. The fourth-order valence-electron chi connectivity index (χ4n) is 2.12. The highest BCUT2D eigenvalue weighted by Crippen LogP contribution is 2.27. The maximum Gasteiger partial charge on any atom is 0.319 e. The number of nitrogens with two attached hydrogens (primary N) is 1. The molecule has 0 aromatic heterocycles. The number of hydrogen-bond donors (Lipinski definition) is 3. The second-order valence-corrected chi connectivity index (χ2v) is 5.09. The molecule has 6 nitrogen and oxygen atoms in total. The Labute approximate surface area is 135 Å². The Hall–Kier alpha value is -2.89. The van der Waals surface area contributed by atoms with Crippen molar-refractivity contribution in [1.82, 2.24) is 5.32 Å². The Morgan fingerprint density at radius 2 is 1.83 bits per heavy atom. The maximum atomic E-state index is 12.0. The van der Waals surface area contributed by atoms with E-state index in [4.69, 9.17) is 15.2 Å². The minimum Gasteiger partial charge on any atom is -0.493 e. The highest BCUT2D eigenvalue weighted by molar-refractivity contribution is 5.92. The van der Waals surface area contributed by atoms with Crippen molar-refractivity contribution in [1.29, 1.82) is 0 Å². The van der Waals surface area contributed by atoms with Crippen LogP contribution in [0.15, 0.2) is 36.4 Å². The Morgan fingerprint density at radius 1 is 1.09 bits per heavy atom. The van der Waals surface area contributed by atoms with Gasteiger partial charge >= 0.3 is 6.03 Å². The molecule has 4 N–H and O–H groups in total. The molecule has 0 atom stereocenters. The predicted octanol–water partition coefficient (Wildman–Crippen LogP) is 2.92. The van der Waals surface area contributed by atoms with Crippen LogP contribution in [0.3, 0.4) is 0 Å². The van der Waals surface area contributed by atoms with Gasteiger partial charge in [-0.3, -0.25) is 0 Å². The zero-order valence-electron chi connectivity index (χ0n) is 13.5. The third-order valence-electron chi connectivity index (χ3n) is 3.36. The molecule has 0 saturated carbocycles. The number of benzene rings is 2. The molecule has 2 amide bonds. The first-order valence-electron chi connectivity index (χ1n) is 7.15. The minimum atomic E-state index is -0.322. The van der Waals surface area contributed by atoms with Crippen LogP contribution in [-0.4, -0.2) is 20.3 Å². The first-order valence-corrected chi connectivity index (χ1v) is 7.15. The number of hydrogen-bond acceptors (Lipinski definition) is 4. The molecular formula is C17H21N3O3. The predicted molar refractivity (Wildman–Crippen MR) is 91.0 cm³/mol. The van der Waals surface area contributed by atoms with Crippen molar-refractivity contribution in [3.8, 4) is 11.5 Å². The second kappa shape index (κ2) is 7.40. The van der Waals surface area contributed by atoms with Crippen molar-refractivity contribution < 1.29 is 14.3 Å². The summed E-state index contributed by atoms with van der Waals surface area (Å²) in [6.45, 7) is 2.30. The fourth-order valence-corrected chi connectivity index (χ4v) is 2.12. The summed E-state index contributed by atoms with van der Waals surface area (Å²) in [5, 5.41) is 5.52. The number of ether oxygens (including phenoxy) is 2. The number of amides is 2. The van der Waals surface area contributed by atoms with Crippen molar-refractivity contribution in [3.05, 3.63) is 47.5 Å². The lowest BCUT2D eigenvalue weighted by molar-refractivity contribution is 0.251. The molecule has 0 fully saturated rings. The van der Waals surface area contributed by atoms with Crippen molar-refractivity contribution in [3.63, 3.8) is 0 Å². The average Bonchev–Trinajstić information content (AvgIpc) is 2.56. The third kappa shape index (κ3) is 4.29. The summed E-state index contributed by atoms with van der Waals surface area (Å²) in [7, 11) is 3.15. The molecule has 0 spiro atoms. The number of aryl methyl sites for hydroxylation is 1. The Morgan fingerprint density at radius 3 is 2.52 bits per heavy atom. The zero-order chi connectivity index (χ0) is 16.8. The maximum absolute atomic E-state index is 12.0. The normalized spacial score (nSPS) is 10.0. The van der Waals surface area contributed by atoms with Crippen LogP contribution in [0.4, 0.5) is 16.2 Å². The van der Waals surface area contributed by atoms with Gasteiger partial charge in [0.2, 0.25) is 0 Å². The van der Waals surface area contributed by atoms with Crippen LogP contribution in [0.2, 0.25) is 0 Å². The van der Waals surface area contributed by atoms with Gasteiger partial charge in [-0.25, -0.2) is 4.79 Å². The van der Waals surface area contributed by atoms with Crippen molar-refractivity contribution in [2.45, 2.75) is 13.5 Å². The molecular weight excluding hydrogens is 294 g/mol. The Kier molecular flexibility index (Phi) is 5.30. The quantitative estimate of drug-likeness (QED) is 0.741. The molecule has 0 aliphatic rings. The van der Waals surface area contributed by atoms with E-state index in [1.807, 2.05) is 31.2 Å². The summed E-state index contributed by atoms with van der Waals surface area (Å²) in [4.78, 5) is 12.0. The lowest BCUT2D eigenvalue weighted by atomic mass is 10.2. The molecule has 2 aromatic rings. The number of methoxy groups -OCH3 is 2. The Balaban J connectivity index is 1.98. The third-order valence-corrected chi connectivity index (χ3v) is 3.36. The van der Waals surface area contributed by atoms with Crippen LogP contribution in [0.25, 0.3) is 0 Å². The van der Waals surface area contributed by atoms with E-state index in [9.17, 15) is 4.79 Å². The van der Waals surface area contributed by atoms with Gasteiger partial charge in [-0.05, 0) is 42.3 Å². The molecule has 0 aliphatic carbocycles. The van der Waals surface area contributed by atoms with Crippen LogP contribution in [0.5, 0.6) is 11.5 Å². The summed E-state index contributed by atoms with van der Waals surface area (Å²) in [6.07, 6.45) is 0. The van der Waals surface area contributed by atoms with E-state index >= 15 is 0 Å². The Bertz CT molecular complexity index is 701. The van der Waals surface area contributed by atoms with E-state index in [1.54, 1.807) is 26.4 Å². The number of anilines is 2. The molecule has 0 heterocycles. The standard InChI is InChI=1S/C17H21N3O3/c1-11-4-6-13(18)14(8-11)20-17(21)19-10-12-5-7-15(22-2)16(9-12)23-3/h4-9H,10,18H2,1-3H3,(H2,19,20,21). The van der Waals surface area contributed by atoms with Gasteiger partial charge in [-0.1, -0.05) is 12.1 Å². The molecule has 0 unspecified atom stereocenters. The molecule has 0 bridgehead atoms. The van der Waals surface area contributed by atoms with Gasteiger partial charge < -0.3 is 25.8 Å². The minimum absolute atomic E-state index is 0.322. The molecule has 0 radical (unpaired) electrons. The number of nitrogens with one attached hydrogen (secondary N) is 2. The van der Waals surface area contributed by atoms with Gasteiger partial charge in [0.1, 0.15) is 0 Å². The molecule has 23 heavy (non-hydrogen) atoms. The molecule has 2 rings (SSSR count). The lowest BCUT2D eigenvalue weighted by Crippen LogP contribution is -2.28. The largest absolute Gasteiger partial charge is 0.493 e. The van der Waals surface area contributed by atoms with Crippen LogP contribution >= 0.6 is 0 Å². The number of carbonyl (C=O) groups excluding carboxylic acids is 1. The van der Waals surface area contributed by atoms with Gasteiger partial charge in [0, 0.05) is 6.54 Å². The molecule has 2 aromatic carbocycles. The second-order valence-electron chi connectivity index (χ2n) is 5.09. The highest BCUT2D eigenvalue weighted by Gasteiger charge is 2.07. The van der Waals surface area contributed by atoms with E-state index in [1.165, 1.54) is 0 Å². The number of rotatable bonds is 5. The smallest absolute Gasteiger partial charge is 0.319 e. The summed E-state index contributed by atoms with van der Waals surface area (Å²) < 4.78 is 10.4. The summed E-state index contributed by atoms with van der Waals surface area (Å²) in [6, 6.07) is 10.6. The van der Waals surface area contributed by atoms with Crippen LogP contribution in [0.1, 0.15) is 11.1 Å². The van der Waals surface area contributed by atoms with Crippen LogP contribution in [-0.2, 0) is 6.54 Å². The van der Waals surface area contributed by atoms with Gasteiger partial charge in [-0.2, -0.15) is 0 Å². The number of urea groups is 1. The first-order chi connectivity index (χ1) is 11.0. The van der Waals surface area contributed by atoms with Crippen LogP contribution < -0.4 is 25.8 Å². The monoisotopic (exact) mass is 315 g/mol. The fraction of sp³-hybridized carbons (Fsp3) is 0.235. The summed E-state index contributed by atoms with van der Waals surface area (Å²) >= 11 is 0. The first kappa shape index (κ1) is 16.5. The van der Waals surface area contributed by atoms with E-state index in [0.717, 1.165) is 11.1 Å². The van der Waals surface area contributed by atoms with E-state index < -0.39 is 0 Å². The van der Waals surface area contributed by atoms with E-state index in [-0.39, 0.29) is 6.03 Å². The molecule has 122 valence electrons. The van der Waals surface area contributed by atoms with Crippen molar-refractivity contribution in [2.24, 2.45) is 0 Å². The van der Waals surface area contributed by atoms with Crippen molar-refractivity contribution in [2.75, 3.05) is 25.3 Å². The molecule has 0 saturated heterocycles. The zero-order valence-corrected chi connectivity index (χ0v) is 13.5.